The molecule has 3 nitrogen and oxygen atoms in total. The van der Waals surface area contributed by atoms with Crippen LogP contribution in [0.4, 0.5) is 5.69 Å². The summed E-state index contributed by atoms with van der Waals surface area (Å²) in [6, 6.07) is 5.20. The number of rotatable bonds is 3. The number of ether oxygens (including phenoxy) is 1. The highest BCUT2D eigenvalue weighted by atomic mass is 35.5. The second-order valence-electron chi connectivity index (χ2n) is 5.06. The van der Waals surface area contributed by atoms with E-state index in [-0.39, 0.29) is 5.91 Å². The van der Waals surface area contributed by atoms with Gasteiger partial charge >= 0.3 is 0 Å². The third kappa shape index (κ3) is 2.92. The summed E-state index contributed by atoms with van der Waals surface area (Å²) in [6.45, 7) is 0. The average molecular weight is 322 g/mol. The summed E-state index contributed by atoms with van der Waals surface area (Å²) in [6.07, 6.45) is 4.46. The number of thiophene rings is 1. The molecular weight excluding hydrogens is 306 g/mol. The van der Waals surface area contributed by atoms with E-state index in [9.17, 15) is 4.79 Å². The fourth-order valence-corrected chi connectivity index (χ4v) is 3.95. The highest BCUT2D eigenvalue weighted by Gasteiger charge is 2.20. The highest BCUT2D eigenvalue weighted by molar-refractivity contribution is 7.10. The third-order valence-corrected chi connectivity index (χ3v) is 5.04. The van der Waals surface area contributed by atoms with Crippen molar-refractivity contribution in [3.05, 3.63) is 44.6 Å². The lowest BCUT2D eigenvalue weighted by Crippen LogP contribution is -2.15. The number of hydrogen-bond donors (Lipinski definition) is 1. The molecule has 21 heavy (non-hydrogen) atoms. The predicted octanol–water partition coefficient (Wildman–Crippen LogP) is 4.54. The second-order valence-corrected chi connectivity index (χ2v) is 6.46. The number of methoxy groups -OCH3 is 1. The number of nitrogens with one attached hydrogen (secondary N) is 1. The van der Waals surface area contributed by atoms with Gasteiger partial charge in [0.15, 0.2) is 0 Å². The SMILES string of the molecule is COc1ccc(Cl)cc1NC(=O)c1csc2c1CCCC2. The summed E-state index contributed by atoms with van der Waals surface area (Å²) in [7, 11) is 1.57. The van der Waals surface area contributed by atoms with Gasteiger partial charge in [0.1, 0.15) is 5.75 Å². The molecule has 1 aliphatic carbocycles. The summed E-state index contributed by atoms with van der Waals surface area (Å²) >= 11 is 7.68. The Balaban J connectivity index is 1.87. The fraction of sp³-hybridized carbons (Fsp3) is 0.312. The van der Waals surface area contributed by atoms with Crippen molar-refractivity contribution in [1.29, 1.82) is 0 Å². The van der Waals surface area contributed by atoms with Crippen LogP contribution in [0.15, 0.2) is 23.6 Å². The zero-order valence-corrected chi connectivity index (χ0v) is 13.3. The van der Waals surface area contributed by atoms with E-state index in [0.29, 0.717) is 16.5 Å². The number of benzene rings is 1. The van der Waals surface area contributed by atoms with Gasteiger partial charge in [0.05, 0.1) is 18.4 Å². The molecule has 1 N–H and O–H groups in total. The van der Waals surface area contributed by atoms with E-state index in [0.717, 1.165) is 24.8 Å². The Bertz CT molecular complexity index is 681. The van der Waals surface area contributed by atoms with E-state index >= 15 is 0 Å². The van der Waals surface area contributed by atoms with Gasteiger partial charge in [-0.25, -0.2) is 0 Å². The van der Waals surface area contributed by atoms with Crippen molar-refractivity contribution in [2.24, 2.45) is 0 Å². The van der Waals surface area contributed by atoms with E-state index in [1.807, 2.05) is 5.38 Å². The summed E-state index contributed by atoms with van der Waals surface area (Å²) in [5.41, 5.74) is 2.60. The van der Waals surface area contributed by atoms with Gasteiger partial charge in [-0.1, -0.05) is 11.6 Å². The van der Waals surface area contributed by atoms with E-state index < -0.39 is 0 Å². The van der Waals surface area contributed by atoms with Gasteiger partial charge in [-0.2, -0.15) is 0 Å². The maximum atomic E-state index is 12.5. The van der Waals surface area contributed by atoms with Crippen LogP contribution in [0.25, 0.3) is 0 Å². The minimum atomic E-state index is -0.0880. The van der Waals surface area contributed by atoms with Crippen LogP contribution in [0.3, 0.4) is 0 Å². The Morgan fingerprint density at radius 3 is 2.95 bits per heavy atom. The molecule has 0 fully saturated rings. The van der Waals surface area contributed by atoms with Crippen molar-refractivity contribution >= 4 is 34.5 Å². The molecule has 0 atom stereocenters. The van der Waals surface area contributed by atoms with Crippen LogP contribution in [0.5, 0.6) is 5.75 Å². The number of halogens is 1. The molecule has 1 heterocycles. The molecule has 3 rings (SSSR count). The smallest absolute Gasteiger partial charge is 0.256 e. The topological polar surface area (TPSA) is 38.3 Å². The lowest BCUT2D eigenvalue weighted by Gasteiger charge is -2.14. The van der Waals surface area contributed by atoms with Crippen molar-refractivity contribution in [3.8, 4) is 5.75 Å². The van der Waals surface area contributed by atoms with Crippen molar-refractivity contribution in [2.75, 3.05) is 12.4 Å². The zero-order valence-electron chi connectivity index (χ0n) is 11.7. The van der Waals surface area contributed by atoms with E-state index in [1.54, 1.807) is 36.6 Å². The number of aryl methyl sites for hydroxylation is 1. The van der Waals surface area contributed by atoms with Gasteiger partial charge < -0.3 is 10.1 Å². The molecule has 1 aliphatic rings. The molecule has 2 aromatic rings. The first-order valence-electron chi connectivity index (χ1n) is 6.93. The van der Waals surface area contributed by atoms with Crippen LogP contribution in [0, 0.1) is 0 Å². The van der Waals surface area contributed by atoms with Crippen molar-refractivity contribution in [1.82, 2.24) is 0 Å². The molecule has 1 aromatic heterocycles. The normalized spacial score (nSPS) is 13.6. The lowest BCUT2D eigenvalue weighted by atomic mass is 9.95. The standard InChI is InChI=1S/C16H16ClNO2S/c1-20-14-7-6-10(17)8-13(14)18-16(19)12-9-21-15-5-3-2-4-11(12)15/h6-9H,2-5H2,1H3,(H,18,19). The van der Waals surface area contributed by atoms with Gasteiger partial charge in [0.25, 0.3) is 5.91 Å². The minimum Gasteiger partial charge on any atom is -0.495 e. The molecule has 0 saturated heterocycles. The Kier molecular flexibility index (Phi) is 4.17. The van der Waals surface area contributed by atoms with Crippen molar-refractivity contribution in [2.45, 2.75) is 25.7 Å². The fourth-order valence-electron chi connectivity index (χ4n) is 2.65. The Morgan fingerprint density at radius 1 is 1.33 bits per heavy atom. The minimum absolute atomic E-state index is 0.0880. The maximum Gasteiger partial charge on any atom is 0.256 e. The first kappa shape index (κ1) is 14.4. The number of hydrogen-bond acceptors (Lipinski definition) is 3. The van der Waals surface area contributed by atoms with Crippen LogP contribution in [0.1, 0.15) is 33.6 Å². The third-order valence-electron chi connectivity index (χ3n) is 3.72. The summed E-state index contributed by atoms with van der Waals surface area (Å²) < 4.78 is 5.26. The Labute approximate surface area is 132 Å². The average Bonchev–Trinajstić information content (AvgIpc) is 2.91. The van der Waals surface area contributed by atoms with Gasteiger partial charge in [0.2, 0.25) is 0 Å². The summed E-state index contributed by atoms with van der Waals surface area (Å²) in [4.78, 5) is 13.9. The van der Waals surface area contributed by atoms with Crippen molar-refractivity contribution in [3.63, 3.8) is 0 Å². The van der Waals surface area contributed by atoms with E-state index in [2.05, 4.69) is 5.32 Å². The molecule has 0 bridgehead atoms. The highest BCUT2D eigenvalue weighted by Crippen LogP contribution is 2.32. The van der Waals surface area contributed by atoms with Gasteiger partial charge in [-0.05, 0) is 49.4 Å². The second kappa shape index (κ2) is 6.08. The molecule has 0 aliphatic heterocycles. The molecular formula is C16H16ClNO2S. The number of fused-ring (bicyclic) bond motifs is 1. The predicted molar refractivity (Wildman–Crippen MR) is 86.9 cm³/mol. The first-order chi connectivity index (χ1) is 10.2. The summed E-state index contributed by atoms with van der Waals surface area (Å²) in [5.74, 6) is 0.520. The quantitative estimate of drug-likeness (QED) is 0.901. The largest absolute Gasteiger partial charge is 0.495 e. The molecule has 0 saturated carbocycles. The van der Waals surface area contributed by atoms with Gasteiger partial charge in [-0.3, -0.25) is 4.79 Å². The van der Waals surface area contributed by atoms with Gasteiger partial charge in [-0.15, -0.1) is 11.3 Å². The summed E-state index contributed by atoms with van der Waals surface area (Å²) in [5, 5.41) is 5.44. The van der Waals surface area contributed by atoms with Crippen LogP contribution in [-0.2, 0) is 12.8 Å². The van der Waals surface area contributed by atoms with Crippen LogP contribution in [-0.4, -0.2) is 13.0 Å². The first-order valence-corrected chi connectivity index (χ1v) is 8.19. The molecule has 5 heteroatoms. The van der Waals surface area contributed by atoms with Crippen LogP contribution < -0.4 is 10.1 Å². The monoisotopic (exact) mass is 321 g/mol. The molecule has 110 valence electrons. The van der Waals surface area contributed by atoms with E-state index in [1.165, 1.54) is 16.9 Å². The molecule has 1 amide bonds. The Morgan fingerprint density at radius 2 is 2.14 bits per heavy atom. The number of carbonyl (C=O) groups excluding carboxylic acids is 1. The maximum absolute atomic E-state index is 12.5. The van der Waals surface area contributed by atoms with Crippen LogP contribution in [0.2, 0.25) is 5.02 Å². The molecule has 0 spiro atoms. The van der Waals surface area contributed by atoms with Crippen molar-refractivity contribution < 1.29 is 9.53 Å². The molecule has 0 unspecified atom stereocenters. The number of amides is 1. The number of anilines is 1. The molecule has 1 aromatic carbocycles. The zero-order chi connectivity index (χ0) is 14.8. The lowest BCUT2D eigenvalue weighted by molar-refractivity contribution is 0.102. The Hall–Kier alpha value is -1.52. The van der Waals surface area contributed by atoms with Crippen LogP contribution >= 0.6 is 22.9 Å². The number of carbonyl (C=O) groups is 1. The molecule has 0 radical (unpaired) electrons. The van der Waals surface area contributed by atoms with E-state index in [4.69, 9.17) is 16.3 Å². The van der Waals surface area contributed by atoms with Gasteiger partial charge in [0, 0.05) is 15.3 Å².